The molecule has 4 rings (SSSR count). The summed E-state index contributed by atoms with van der Waals surface area (Å²) in [7, 11) is 0. The van der Waals surface area contributed by atoms with E-state index in [2.05, 4.69) is 22.3 Å². The predicted octanol–water partition coefficient (Wildman–Crippen LogP) is 7.30. The van der Waals surface area contributed by atoms with E-state index >= 15 is 8.78 Å². The molecule has 270 valence electrons. The molecule has 1 amide bonds. The lowest BCUT2D eigenvalue weighted by Crippen LogP contribution is -2.41. The third kappa shape index (κ3) is 8.89. The van der Waals surface area contributed by atoms with Crippen molar-refractivity contribution in [3.63, 3.8) is 0 Å². The number of nitrogens with zero attached hydrogens (tertiary/aromatic N) is 3. The molecule has 2 atom stereocenters. The lowest BCUT2D eigenvalue weighted by atomic mass is 9.88. The van der Waals surface area contributed by atoms with E-state index in [0.29, 0.717) is 6.07 Å². The number of carboxylic acids is 1. The number of carbonyl (C=O) groups excluding carboxylic acids is 1. The monoisotopic (exact) mass is 714 g/mol. The third-order valence-corrected chi connectivity index (χ3v) is 8.28. The number of nitrogens with one attached hydrogen (secondary N) is 1. The van der Waals surface area contributed by atoms with Crippen LogP contribution in [0.4, 0.5) is 26.3 Å². The van der Waals surface area contributed by atoms with Crippen LogP contribution >= 0.6 is 0 Å². The van der Waals surface area contributed by atoms with Gasteiger partial charge in [-0.2, -0.15) is 18.3 Å². The zero-order valence-corrected chi connectivity index (χ0v) is 28.5. The largest absolute Gasteiger partial charge is 0.481 e. The molecular formula is C37H36F6N4O4. The van der Waals surface area contributed by atoms with Crippen molar-refractivity contribution in [1.82, 2.24) is 19.7 Å². The summed E-state index contributed by atoms with van der Waals surface area (Å²) in [6, 6.07) is 1.81. The highest BCUT2D eigenvalue weighted by molar-refractivity contribution is 5.83. The number of aryl methyl sites for hydroxylation is 4. The molecule has 0 unspecified atom stereocenters. The minimum atomic E-state index is -4.90. The molecule has 0 radical (unpaired) electrons. The molecule has 2 heterocycles. The molecule has 0 saturated carbocycles. The first-order valence-corrected chi connectivity index (χ1v) is 16.0. The molecule has 8 nitrogen and oxygen atoms in total. The molecule has 51 heavy (non-hydrogen) atoms. The van der Waals surface area contributed by atoms with Crippen LogP contribution in [0.25, 0.3) is 11.1 Å². The summed E-state index contributed by atoms with van der Waals surface area (Å²) in [5, 5.41) is 16.1. The number of hydrogen-bond donors (Lipinski definition) is 2. The lowest BCUT2D eigenvalue weighted by Gasteiger charge is -2.27. The minimum Gasteiger partial charge on any atom is -0.481 e. The van der Waals surface area contributed by atoms with Crippen molar-refractivity contribution in [1.29, 1.82) is 0 Å². The molecule has 4 aromatic rings. The highest BCUT2D eigenvalue weighted by atomic mass is 19.4. The van der Waals surface area contributed by atoms with E-state index in [1.54, 1.807) is 26.1 Å². The van der Waals surface area contributed by atoms with Gasteiger partial charge in [-0.3, -0.25) is 19.1 Å². The second-order valence-corrected chi connectivity index (χ2v) is 12.6. The Labute approximate surface area is 290 Å². The van der Waals surface area contributed by atoms with Crippen molar-refractivity contribution in [3.05, 3.63) is 110 Å². The number of aromatic nitrogens is 3. The van der Waals surface area contributed by atoms with Crippen molar-refractivity contribution in [2.75, 3.05) is 0 Å². The van der Waals surface area contributed by atoms with Crippen LogP contribution in [-0.2, 0) is 28.7 Å². The summed E-state index contributed by atoms with van der Waals surface area (Å²) in [4.78, 5) is 39.3. The summed E-state index contributed by atoms with van der Waals surface area (Å²) in [6.07, 6.45) is -2.31. The summed E-state index contributed by atoms with van der Waals surface area (Å²) >= 11 is 0. The van der Waals surface area contributed by atoms with Gasteiger partial charge in [-0.05, 0) is 86.1 Å². The van der Waals surface area contributed by atoms with Gasteiger partial charge in [0.15, 0.2) is 0 Å². The first kappa shape index (κ1) is 38.5. The fourth-order valence-electron chi connectivity index (χ4n) is 6.16. The van der Waals surface area contributed by atoms with E-state index in [1.165, 1.54) is 31.6 Å². The maximum Gasteiger partial charge on any atom is 0.416 e. The topological polar surface area (TPSA) is 106 Å². The van der Waals surface area contributed by atoms with Gasteiger partial charge in [-0.15, -0.1) is 5.92 Å². The van der Waals surface area contributed by atoms with E-state index in [0.717, 1.165) is 29.0 Å². The Morgan fingerprint density at radius 1 is 1.04 bits per heavy atom. The van der Waals surface area contributed by atoms with Crippen LogP contribution in [0.15, 0.2) is 53.7 Å². The van der Waals surface area contributed by atoms with Crippen LogP contribution in [0, 0.1) is 49.1 Å². The zero-order valence-electron chi connectivity index (χ0n) is 28.5. The predicted molar refractivity (Wildman–Crippen MR) is 177 cm³/mol. The maximum atomic E-state index is 16.7. The molecule has 0 bridgehead atoms. The van der Waals surface area contributed by atoms with Gasteiger partial charge in [-0.25, -0.2) is 13.2 Å². The molecule has 2 aromatic heterocycles. The fourth-order valence-corrected chi connectivity index (χ4v) is 6.16. The highest BCUT2D eigenvalue weighted by Gasteiger charge is 2.36. The fraction of sp³-hybridized carbons (Fsp3) is 0.351. The summed E-state index contributed by atoms with van der Waals surface area (Å²) in [5.41, 5.74) is -3.08. The number of halogens is 6. The van der Waals surface area contributed by atoms with E-state index in [9.17, 15) is 37.1 Å². The molecule has 0 spiro atoms. The van der Waals surface area contributed by atoms with Crippen molar-refractivity contribution in [3.8, 4) is 23.0 Å². The smallest absolute Gasteiger partial charge is 0.416 e. The van der Waals surface area contributed by atoms with Crippen LogP contribution < -0.4 is 10.9 Å². The Kier molecular flexibility index (Phi) is 11.8. The molecule has 0 aliphatic heterocycles. The Bertz CT molecular complexity index is 2040. The Morgan fingerprint density at radius 3 is 2.25 bits per heavy atom. The van der Waals surface area contributed by atoms with E-state index in [1.807, 2.05) is 0 Å². The number of carbonyl (C=O) groups is 2. The molecular weight excluding hydrogens is 678 g/mol. The number of hydrogen-bond acceptors (Lipinski definition) is 4. The van der Waals surface area contributed by atoms with Crippen molar-refractivity contribution in [2.24, 2.45) is 5.92 Å². The third-order valence-electron chi connectivity index (χ3n) is 8.28. The highest BCUT2D eigenvalue weighted by Crippen LogP contribution is 2.38. The van der Waals surface area contributed by atoms with Gasteiger partial charge < -0.3 is 15.0 Å². The number of carboxylic acid groups (broad SMARTS) is 1. The van der Waals surface area contributed by atoms with Crippen LogP contribution in [0.3, 0.4) is 0 Å². The Morgan fingerprint density at radius 2 is 1.71 bits per heavy atom. The Hall–Kier alpha value is -5.32. The second-order valence-electron chi connectivity index (χ2n) is 12.6. The molecule has 0 saturated heterocycles. The van der Waals surface area contributed by atoms with Gasteiger partial charge in [0.05, 0.1) is 18.0 Å². The average Bonchev–Trinajstić information content (AvgIpc) is 3.53. The van der Waals surface area contributed by atoms with Crippen LogP contribution in [0.2, 0.25) is 0 Å². The summed E-state index contributed by atoms with van der Waals surface area (Å²) in [6.45, 7) is 7.85. The molecule has 0 fully saturated rings. The number of benzene rings is 2. The van der Waals surface area contributed by atoms with Gasteiger partial charge in [0, 0.05) is 47.9 Å². The SMILES string of the molecule is CC#Cc1cc(F)c([C@H](CC(=O)O)NC(=O)[C@H](CC(C)C)n2cc(CCn3cccn3)c(C(F)(F)F)cc2=O)c(F)c1-c1c(C)cc(F)cc1C. The number of aliphatic carboxylic acids is 1. The van der Waals surface area contributed by atoms with Gasteiger partial charge in [0.1, 0.15) is 23.5 Å². The first-order valence-electron chi connectivity index (χ1n) is 16.0. The van der Waals surface area contributed by atoms with Crippen LogP contribution in [0.1, 0.15) is 79.1 Å². The van der Waals surface area contributed by atoms with Crippen molar-refractivity contribution in [2.45, 2.75) is 78.7 Å². The second kappa shape index (κ2) is 15.7. The standard InChI is InChI=1S/C37H36F6N4O4/c1-6-8-23-16-27(39)34(35(40)33(23)32-21(4)14-25(38)15-22(32)5)28(18-31(49)50)45-36(51)29(13-20(2)3)47-19-24(9-12-46-11-7-10-44-46)26(17-30(47)48)37(41,42)43/h7,10-11,14-17,19-20,28-29H,9,12-13,18H2,1-5H3,(H,45,51)(H,49,50)/t28-,29-/m0/s1. The van der Waals surface area contributed by atoms with Crippen molar-refractivity contribution < 1.29 is 41.0 Å². The van der Waals surface area contributed by atoms with E-state index in [4.69, 9.17) is 0 Å². The van der Waals surface area contributed by atoms with Crippen molar-refractivity contribution >= 4 is 11.9 Å². The zero-order chi connectivity index (χ0) is 37.8. The van der Waals surface area contributed by atoms with Gasteiger partial charge in [-0.1, -0.05) is 19.8 Å². The lowest BCUT2D eigenvalue weighted by molar-refractivity contribution is -0.139. The number of rotatable bonds is 12. The van der Waals surface area contributed by atoms with Crippen LogP contribution in [0.5, 0.6) is 0 Å². The van der Waals surface area contributed by atoms with E-state index in [-0.39, 0.29) is 58.7 Å². The Balaban J connectivity index is 1.86. The summed E-state index contributed by atoms with van der Waals surface area (Å²) in [5.74, 6) is -0.792. The molecule has 2 aromatic carbocycles. The molecule has 0 aliphatic rings. The number of alkyl halides is 3. The quantitative estimate of drug-likeness (QED) is 0.118. The van der Waals surface area contributed by atoms with Crippen LogP contribution in [-0.4, -0.2) is 31.3 Å². The first-order chi connectivity index (χ1) is 23.9. The van der Waals surface area contributed by atoms with E-state index < -0.39 is 70.7 Å². The summed E-state index contributed by atoms with van der Waals surface area (Å²) < 4.78 is 91.2. The van der Waals surface area contributed by atoms with Gasteiger partial charge >= 0.3 is 12.1 Å². The number of pyridine rings is 1. The normalized spacial score (nSPS) is 12.7. The molecule has 0 aliphatic carbocycles. The molecule has 2 N–H and O–H groups in total. The maximum absolute atomic E-state index is 16.7. The van der Waals surface area contributed by atoms with Gasteiger partial charge in [0.25, 0.3) is 5.56 Å². The minimum absolute atomic E-state index is 0.0162. The number of amides is 1. The average molecular weight is 715 g/mol. The van der Waals surface area contributed by atoms with Gasteiger partial charge in [0.2, 0.25) is 5.91 Å². The molecule has 14 heteroatoms.